The number of aromatic nitrogens is 2. The minimum atomic E-state index is -0.449. The normalized spacial score (nSPS) is 11.0. The monoisotopic (exact) mass is 369 g/mol. The van der Waals surface area contributed by atoms with Crippen molar-refractivity contribution in [1.29, 1.82) is 0 Å². The highest BCUT2D eigenvalue weighted by Gasteiger charge is 2.17. The van der Waals surface area contributed by atoms with Crippen LogP contribution >= 0.6 is 0 Å². The number of para-hydroxylation sites is 1. The smallest absolute Gasteiger partial charge is 0.250 e. The molecule has 0 aliphatic carbocycles. The molecule has 1 amide bonds. The van der Waals surface area contributed by atoms with Crippen molar-refractivity contribution in [3.05, 3.63) is 89.5 Å². The number of fused-ring (bicyclic) bond motifs is 1. The highest BCUT2D eigenvalue weighted by molar-refractivity contribution is 6.04. The highest BCUT2D eigenvalue weighted by Crippen LogP contribution is 2.28. The number of primary amides is 1. The van der Waals surface area contributed by atoms with Crippen LogP contribution in [-0.2, 0) is 13.0 Å². The molecule has 140 valence electrons. The summed E-state index contributed by atoms with van der Waals surface area (Å²) in [4.78, 5) is 16.7. The molecule has 0 spiro atoms. The Balaban J connectivity index is 1.76. The molecular formula is C24H23N3O. The molecule has 1 heterocycles. The molecule has 0 saturated carbocycles. The number of nitrogens with zero attached hydrogens (tertiary/aromatic N) is 2. The van der Waals surface area contributed by atoms with Crippen LogP contribution in [0.25, 0.3) is 22.4 Å². The summed E-state index contributed by atoms with van der Waals surface area (Å²) in [6.45, 7) is 2.89. The van der Waals surface area contributed by atoms with Crippen LogP contribution in [0, 0.1) is 6.92 Å². The second kappa shape index (κ2) is 7.69. The van der Waals surface area contributed by atoms with E-state index >= 15 is 0 Å². The first-order valence-corrected chi connectivity index (χ1v) is 9.53. The largest absolute Gasteiger partial charge is 0.366 e. The molecular weight excluding hydrogens is 346 g/mol. The Morgan fingerprint density at radius 2 is 1.79 bits per heavy atom. The van der Waals surface area contributed by atoms with E-state index in [1.54, 1.807) is 6.07 Å². The molecule has 1 aromatic heterocycles. The lowest BCUT2D eigenvalue weighted by atomic mass is 10.1. The molecule has 0 saturated heterocycles. The zero-order valence-electron chi connectivity index (χ0n) is 15.9. The molecule has 28 heavy (non-hydrogen) atoms. The molecule has 0 aliphatic heterocycles. The Bertz CT molecular complexity index is 1130. The van der Waals surface area contributed by atoms with E-state index < -0.39 is 5.91 Å². The van der Waals surface area contributed by atoms with Gasteiger partial charge < -0.3 is 10.3 Å². The van der Waals surface area contributed by atoms with Gasteiger partial charge in [0.2, 0.25) is 0 Å². The summed E-state index contributed by atoms with van der Waals surface area (Å²) in [6, 6.07) is 24.4. The van der Waals surface area contributed by atoms with E-state index in [2.05, 4.69) is 54.0 Å². The number of amides is 1. The molecule has 4 rings (SSSR count). The molecule has 0 unspecified atom stereocenters. The van der Waals surface area contributed by atoms with Crippen LogP contribution in [0.4, 0.5) is 0 Å². The zero-order valence-corrected chi connectivity index (χ0v) is 15.9. The Hall–Kier alpha value is -3.40. The van der Waals surface area contributed by atoms with Crippen LogP contribution in [0.5, 0.6) is 0 Å². The van der Waals surface area contributed by atoms with E-state index in [9.17, 15) is 4.79 Å². The van der Waals surface area contributed by atoms with Gasteiger partial charge in [-0.3, -0.25) is 4.79 Å². The van der Waals surface area contributed by atoms with Crippen molar-refractivity contribution < 1.29 is 4.79 Å². The maximum Gasteiger partial charge on any atom is 0.250 e. The SMILES string of the molecule is Cc1cccc(-c2nc3c(C(N)=O)cccc3n2CCCc2ccccc2)c1. The van der Waals surface area contributed by atoms with Gasteiger partial charge in [0, 0.05) is 12.1 Å². The van der Waals surface area contributed by atoms with Crippen molar-refractivity contribution in [2.24, 2.45) is 5.73 Å². The van der Waals surface area contributed by atoms with Crippen molar-refractivity contribution >= 4 is 16.9 Å². The first-order chi connectivity index (χ1) is 13.6. The van der Waals surface area contributed by atoms with Crippen LogP contribution in [0.1, 0.15) is 27.9 Å². The fraction of sp³-hybridized carbons (Fsp3) is 0.167. The van der Waals surface area contributed by atoms with Gasteiger partial charge in [0.1, 0.15) is 11.3 Å². The van der Waals surface area contributed by atoms with Crippen LogP contribution in [0.2, 0.25) is 0 Å². The van der Waals surface area contributed by atoms with Gasteiger partial charge in [-0.1, -0.05) is 60.2 Å². The number of nitrogens with two attached hydrogens (primary N) is 1. The van der Waals surface area contributed by atoms with Gasteiger partial charge in [-0.2, -0.15) is 0 Å². The third-order valence-electron chi connectivity index (χ3n) is 5.01. The standard InChI is InChI=1S/C24H23N3O/c1-17-8-5-12-19(16-17)24-26-22-20(23(25)28)13-6-14-21(22)27(24)15-7-11-18-9-3-2-4-10-18/h2-6,8-10,12-14,16H,7,11,15H2,1H3,(H2,25,28). The molecule has 4 aromatic rings. The molecule has 2 N–H and O–H groups in total. The van der Waals surface area contributed by atoms with E-state index in [0.717, 1.165) is 36.3 Å². The second-order valence-corrected chi connectivity index (χ2v) is 7.08. The Labute approximate surface area is 164 Å². The maximum absolute atomic E-state index is 11.9. The van der Waals surface area contributed by atoms with Crippen LogP contribution in [-0.4, -0.2) is 15.5 Å². The zero-order chi connectivity index (χ0) is 19.5. The average molecular weight is 369 g/mol. The minimum absolute atomic E-state index is 0.449. The van der Waals surface area contributed by atoms with Crippen molar-refractivity contribution in [1.82, 2.24) is 9.55 Å². The predicted molar refractivity (Wildman–Crippen MR) is 113 cm³/mol. The number of hydrogen-bond donors (Lipinski definition) is 1. The molecule has 4 nitrogen and oxygen atoms in total. The van der Waals surface area contributed by atoms with Crippen LogP contribution in [0.3, 0.4) is 0 Å². The Kier molecular flexibility index (Phi) is 4.94. The van der Waals surface area contributed by atoms with E-state index in [-0.39, 0.29) is 0 Å². The van der Waals surface area contributed by atoms with Gasteiger partial charge in [-0.25, -0.2) is 4.98 Å². The van der Waals surface area contributed by atoms with Crippen LogP contribution in [0.15, 0.2) is 72.8 Å². The summed E-state index contributed by atoms with van der Waals surface area (Å²) in [5.74, 6) is 0.427. The third-order valence-corrected chi connectivity index (χ3v) is 5.01. The maximum atomic E-state index is 11.9. The number of imidazole rings is 1. The molecule has 0 radical (unpaired) electrons. The van der Waals surface area contributed by atoms with Crippen molar-refractivity contribution in [3.8, 4) is 11.4 Å². The first kappa shape index (κ1) is 18.0. The van der Waals surface area contributed by atoms with E-state index in [4.69, 9.17) is 10.7 Å². The number of hydrogen-bond acceptors (Lipinski definition) is 2. The Morgan fingerprint density at radius 1 is 1.00 bits per heavy atom. The average Bonchev–Trinajstić information content (AvgIpc) is 3.07. The van der Waals surface area contributed by atoms with Gasteiger partial charge in [-0.15, -0.1) is 0 Å². The topological polar surface area (TPSA) is 60.9 Å². The third kappa shape index (κ3) is 3.54. The fourth-order valence-electron chi connectivity index (χ4n) is 3.66. The lowest BCUT2D eigenvalue weighted by Crippen LogP contribution is -2.11. The lowest BCUT2D eigenvalue weighted by Gasteiger charge is -2.10. The van der Waals surface area contributed by atoms with Gasteiger partial charge in [-0.05, 0) is 43.5 Å². The highest BCUT2D eigenvalue weighted by atomic mass is 16.1. The number of rotatable bonds is 6. The summed E-state index contributed by atoms with van der Waals surface area (Å²) in [5.41, 5.74) is 11.2. The lowest BCUT2D eigenvalue weighted by molar-refractivity contribution is 0.100. The number of carbonyl (C=O) groups is 1. The molecule has 0 aliphatic rings. The predicted octanol–water partition coefficient (Wildman–Crippen LogP) is 4.74. The van der Waals surface area contributed by atoms with Crippen LogP contribution < -0.4 is 5.73 Å². The Morgan fingerprint density at radius 3 is 2.54 bits per heavy atom. The summed E-state index contributed by atoms with van der Waals surface area (Å²) in [5, 5.41) is 0. The first-order valence-electron chi connectivity index (χ1n) is 9.53. The van der Waals surface area contributed by atoms with Crippen molar-refractivity contribution in [3.63, 3.8) is 0 Å². The van der Waals surface area contributed by atoms with Crippen molar-refractivity contribution in [2.45, 2.75) is 26.3 Å². The van der Waals surface area contributed by atoms with E-state index in [1.807, 2.05) is 24.3 Å². The molecule has 4 heteroatoms. The summed E-state index contributed by atoms with van der Waals surface area (Å²) in [6.07, 6.45) is 1.97. The quantitative estimate of drug-likeness (QED) is 0.533. The van der Waals surface area contributed by atoms with Gasteiger partial charge in [0.25, 0.3) is 5.91 Å². The van der Waals surface area contributed by atoms with E-state index in [1.165, 1.54) is 11.1 Å². The molecule has 0 fully saturated rings. The summed E-state index contributed by atoms with van der Waals surface area (Å²) >= 11 is 0. The molecule has 3 aromatic carbocycles. The minimum Gasteiger partial charge on any atom is -0.366 e. The number of benzene rings is 3. The number of aryl methyl sites for hydroxylation is 3. The van der Waals surface area contributed by atoms with Crippen molar-refractivity contribution in [2.75, 3.05) is 0 Å². The fourth-order valence-corrected chi connectivity index (χ4v) is 3.66. The van der Waals surface area contributed by atoms with Gasteiger partial charge >= 0.3 is 0 Å². The van der Waals surface area contributed by atoms with Gasteiger partial charge in [0.15, 0.2) is 0 Å². The van der Waals surface area contributed by atoms with Gasteiger partial charge in [0.05, 0.1) is 11.1 Å². The molecule has 0 atom stereocenters. The van der Waals surface area contributed by atoms with E-state index in [0.29, 0.717) is 11.1 Å². The molecule has 0 bridgehead atoms. The summed E-state index contributed by atoms with van der Waals surface area (Å²) < 4.78 is 2.21. The number of carbonyl (C=O) groups excluding carboxylic acids is 1. The summed E-state index contributed by atoms with van der Waals surface area (Å²) in [7, 11) is 0. The second-order valence-electron chi connectivity index (χ2n) is 7.08.